The number of fused-ring (bicyclic) bond motifs is 8. The Balaban J connectivity index is 1.49. The molecule has 4 heterocycles. The summed E-state index contributed by atoms with van der Waals surface area (Å²) in [5.41, 5.74) is 8.41. The first-order valence-electron chi connectivity index (χ1n) is 14.4. The van der Waals surface area contributed by atoms with Crippen LogP contribution < -0.4 is 0 Å². The quantitative estimate of drug-likeness (QED) is 0.167. The third kappa shape index (κ3) is 3.60. The largest absolute Gasteiger partial charge is 0.452 e. The zero-order chi connectivity index (χ0) is 29.2. The number of para-hydroxylation sites is 1. The lowest BCUT2D eigenvalue weighted by atomic mass is 9.95. The van der Waals surface area contributed by atoms with E-state index in [1.54, 1.807) is 0 Å². The summed E-state index contributed by atoms with van der Waals surface area (Å²) in [6.45, 7) is 0. The van der Waals surface area contributed by atoms with Crippen LogP contribution in [0.2, 0.25) is 0 Å². The standard InChI is InChI=1S/C38H22N4OS/c44-37-30(23-13-4-1-2-5-14-23)25-17-8-9-18-26(25)31-34-28(20-12-22-39-34)42(35(31)37)38-40-32(24-15-6-3-7-16-24)36-33(41-38)27-19-10-11-21-29(27)43-36/h1,3-4,6-13,15-22,44H,2H2. The molecule has 0 N–H and O–H groups in total. The average molecular weight is 583 g/mol. The molecule has 44 heavy (non-hydrogen) atoms. The Bertz CT molecular complexity index is 2600. The Morgan fingerprint density at radius 3 is 2.48 bits per heavy atom. The lowest BCUT2D eigenvalue weighted by molar-refractivity contribution is 0.666. The van der Waals surface area contributed by atoms with E-state index in [0.717, 1.165) is 76.5 Å². The molecule has 0 saturated heterocycles. The smallest absolute Gasteiger partial charge is 0.236 e. The van der Waals surface area contributed by atoms with Crippen molar-refractivity contribution >= 4 is 73.0 Å². The van der Waals surface area contributed by atoms with E-state index in [1.807, 2.05) is 66.9 Å². The van der Waals surface area contributed by atoms with Crippen LogP contribution in [0.3, 0.4) is 0 Å². The number of pyridine rings is 1. The molecule has 0 saturated carbocycles. The lowest BCUT2D eigenvalue weighted by Gasteiger charge is -2.15. The van der Waals surface area contributed by atoms with Gasteiger partial charge in [0.05, 0.1) is 16.6 Å². The highest BCUT2D eigenvalue weighted by Crippen LogP contribution is 2.44. The summed E-state index contributed by atoms with van der Waals surface area (Å²) in [5, 5.41) is 4.09. The zero-order valence-corrected chi connectivity index (χ0v) is 24.2. The maximum Gasteiger partial charge on any atom is 0.236 e. The highest BCUT2D eigenvalue weighted by atomic mass is 32.1. The number of furan rings is 1. The molecule has 0 bridgehead atoms. The van der Waals surface area contributed by atoms with Crippen molar-refractivity contribution in [2.24, 2.45) is 0 Å². The average Bonchev–Trinajstić information content (AvgIpc) is 3.50. The van der Waals surface area contributed by atoms with E-state index in [0.29, 0.717) is 18.0 Å². The Morgan fingerprint density at radius 1 is 0.795 bits per heavy atom. The Labute approximate surface area is 257 Å². The predicted octanol–water partition coefficient (Wildman–Crippen LogP) is 9.32. The summed E-state index contributed by atoms with van der Waals surface area (Å²) in [7, 11) is 0. The zero-order valence-electron chi connectivity index (χ0n) is 23.3. The van der Waals surface area contributed by atoms with Crippen LogP contribution >= 0.6 is 12.6 Å². The Morgan fingerprint density at radius 2 is 1.59 bits per heavy atom. The maximum absolute atomic E-state index is 6.39. The van der Waals surface area contributed by atoms with Gasteiger partial charge in [-0.1, -0.05) is 90.7 Å². The normalized spacial score (nSPS) is 13.1. The molecule has 0 unspecified atom stereocenters. The van der Waals surface area contributed by atoms with Gasteiger partial charge in [0.2, 0.25) is 5.95 Å². The van der Waals surface area contributed by atoms with E-state index < -0.39 is 0 Å². The maximum atomic E-state index is 6.39. The monoisotopic (exact) mass is 582 g/mol. The van der Waals surface area contributed by atoms with Crippen LogP contribution in [0.1, 0.15) is 12.0 Å². The van der Waals surface area contributed by atoms with Crippen molar-refractivity contribution in [2.75, 3.05) is 0 Å². The molecule has 0 atom stereocenters. The van der Waals surface area contributed by atoms with E-state index in [9.17, 15) is 0 Å². The topological polar surface area (TPSA) is 56.7 Å². The van der Waals surface area contributed by atoms with Crippen molar-refractivity contribution in [3.63, 3.8) is 0 Å². The van der Waals surface area contributed by atoms with Gasteiger partial charge in [0, 0.05) is 45.0 Å². The van der Waals surface area contributed by atoms with Crippen LogP contribution in [0.5, 0.6) is 0 Å². The molecule has 0 aliphatic heterocycles. The first kappa shape index (κ1) is 24.9. The molecule has 0 spiro atoms. The number of hydrogen-bond acceptors (Lipinski definition) is 5. The summed E-state index contributed by atoms with van der Waals surface area (Å²) in [4.78, 5) is 16.1. The van der Waals surface area contributed by atoms with Crippen LogP contribution in [0.25, 0.3) is 77.6 Å². The minimum absolute atomic E-state index is 0.522. The van der Waals surface area contributed by atoms with Gasteiger partial charge in [-0.3, -0.25) is 9.55 Å². The SMILES string of the molecule is Sc1c(C2=CC=CCC#C2)c2ccccc2c2c3ncccc3n(-c3nc(-c4ccccc4)c4oc5ccccc5c4n3)c12. The van der Waals surface area contributed by atoms with Crippen LogP contribution in [0.4, 0.5) is 0 Å². The first-order chi connectivity index (χ1) is 21.8. The Hall–Kier alpha value is -5.64. The Kier molecular flexibility index (Phi) is 5.49. The molecule has 0 radical (unpaired) electrons. The third-order valence-electron chi connectivity index (χ3n) is 8.22. The fraction of sp³-hybridized carbons (Fsp3) is 0.0263. The van der Waals surface area contributed by atoms with Crippen LogP contribution in [-0.2, 0) is 0 Å². The van der Waals surface area contributed by atoms with Crippen molar-refractivity contribution in [1.82, 2.24) is 19.5 Å². The molecule has 0 fully saturated rings. The molecule has 0 amide bonds. The summed E-state index contributed by atoms with van der Waals surface area (Å²) in [5.74, 6) is 7.19. The van der Waals surface area contributed by atoms with Gasteiger partial charge in [-0.25, -0.2) is 9.97 Å². The number of benzene rings is 4. The van der Waals surface area contributed by atoms with E-state index >= 15 is 0 Å². The number of nitrogens with zero attached hydrogens (tertiary/aromatic N) is 4. The second-order valence-electron chi connectivity index (χ2n) is 10.7. The van der Waals surface area contributed by atoms with Gasteiger partial charge in [-0.2, -0.15) is 0 Å². The number of hydrogen-bond donors (Lipinski definition) is 1. The summed E-state index contributed by atoms with van der Waals surface area (Å²) in [6, 6.07) is 30.5. The van der Waals surface area contributed by atoms with Crippen LogP contribution in [0.15, 0.2) is 125 Å². The van der Waals surface area contributed by atoms with Gasteiger partial charge in [0.1, 0.15) is 16.8 Å². The number of rotatable bonds is 3. The van der Waals surface area contributed by atoms with Crippen LogP contribution in [0, 0.1) is 11.8 Å². The first-order valence-corrected chi connectivity index (χ1v) is 14.9. The molecule has 206 valence electrons. The summed E-state index contributed by atoms with van der Waals surface area (Å²) in [6.07, 6.45) is 8.75. The van der Waals surface area contributed by atoms with Crippen LogP contribution in [-0.4, -0.2) is 19.5 Å². The van der Waals surface area contributed by atoms with Gasteiger partial charge >= 0.3 is 0 Å². The van der Waals surface area contributed by atoms with Gasteiger partial charge in [0.15, 0.2) is 5.58 Å². The van der Waals surface area contributed by atoms with Crippen molar-refractivity contribution < 1.29 is 4.42 Å². The number of allylic oxidation sites excluding steroid dienone is 4. The van der Waals surface area contributed by atoms with Gasteiger partial charge in [0.25, 0.3) is 0 Å². The number of aromatic nitrogens is 4. The lowest BCUT2D eigenvalue weighted by Crippen LogP contribution is -2.04. The fourth-order valence-corrected chi connectivity index (χ4v) is 6.79. The van der Waals surface area contributed by atoms with E-state index in [1.165, 1.54) is 0 Å². The van der Waals surface area contributed by atoms with E-state index in [-0.39, 0.29) is 0 Å². The van der Waals surface area contributed by atoms with Crippen molar-refractivity contribution in [2.45, 2.75) is 11.3 Å². The highest BCUT2D eigenvalue weighted by Gasteiger charge is 2.25. The van der Waals surface area contributed by atoms with Gasteiger partial charge < -0.3 is 4.42 Å². The molecular weight excluding hydrogens is 561 g/mol. The summed E-state index contributed by atoms with van der Waals surface area (Å²) >= 11 is 5.28. The van der Waals surface area contributed by atoms with Gasteiger partial charge in [-0.15, -0.1) is 12.6 Å². The number of thiol groups is 1. The second-order valence-corrected chi connectivity index (χ2v) is 11.2. The fourth-order valence-electron chi connectivity index (χ4n) is 6.33. The molecule has 6 heteroatoms. The van der Waals surface area contributed by atoms with E-state index in [2.05, 4.69) is 65.0 Å². The van der Waals surface area contributed by atoms with E-state index in [4.69, 9.17) is 32.0 Å². The van der Waals surface area contributed by atoms with Crippen molar-refractivity contribution in [3.05, 3.63) is 121 Å². The summed E-state index contributed by atoms with van der Waals surface area (Å²) < 4.78 is 8.49. The minimum Gasteiger partial charge on any atom is -0.452 e. The molecule has 4 aromatic carbocycles. The van der Waals surface area contributed by atoms with Crippen molar-refractivity contribution in [3.8, 4) is 29.0 Å². The minimum atomic E-state index is 0.522. The molecule has 1 aliphatic rings. The second kappa shape index (κ2) is 9.70. The molecule has 5 nitrogen and oxygen atoms in total. The molecule has 1 aliphatic carbocycles. The van der Waals surface area contributed by atoms with Gasteiger partial charge in [-0.05, 0) is 41.1 Å². The molecule has 8 aromatic rings. The molecular formula is C38H22N4OS. The predicted molar refractivity (Wildman–Crippen MR) is 181 cm³/mol. The van der Waals surface area contributed by atoms with Crippen molar-refractivity contribution in [1.29, 1.82) is 0 Å². The molecule has 4 aromatic heterocycles. The third-order valence-corrected chi connectivity index (χ3v) is 8.65. The molecule has 9 rings (SSSR count). The highest BCUT2D eigenvalue weighted by molar-refractivity contribution is 7.80.